The molecule has 1 amide bonds. The van der Waals surface area contributed by atoms with Crippen LogP contribution in [-0.4, -0.2) is 6.09 Å². The van der Waals surface area contributed by atoms with E-state index in [1.54, 1.807) is 0 Å². The van der Waals surface area contributed by atoms with Gasteiger partial charge in [-0.2, -0.15) is 0 Å². The summed E-state index contributed by atoms with van der Waals surface area (Å²) in [4.78, 5) is 11.9. The molecule has 3 N–H and O–H groups in total. The summed E-state index contributed by atoms with van der Waals surface area (Å²) in [5.41, 5.74) is 10.5. The van der Waals surface area contributed by atoms with Crippen molar-refractivity contribution < 1.29 is 9.53 Å². The van der Waals surface area contributed by atoms with Gasteiger partial charge in [-0.05, 0) is 34.4 Å². The molecule has 126 valence electrons. The summed E-state index contributed by atoms with van der Waals surface area (Å²) in [5.74, 6) is 0. The second-order valence-electron chi connectivity index (χ2n) is 5.67. The zero-order chi connectivity index (χ0) is 17.5. The summed E-state index contributed by atoms with van der Waals surface area (Å²) >= 11 is 0. The standard InChI is InChI=1S/C21H20N2O2/c22-14-16-6-8-18(9-7-16)19-10-12-20(13-11-19)23-21(24)25-15-17-4-2-1-3-5-17/h1-13H,14-15,22H2,(H,23,24). The van der Waals surface area contributed by atoms with E-state index in [9.17, 15) is 4.79 Å². The molecule has 0 saturated carbocycles. The number of carbonyl (C=O) groups excluding carboxylic acids is 1. The van der Waals surface area contributed by atoms with Crippen LogP contribution in [0.15, 0.2) is 78.9 Å². The Labute approximate surface area is 147 Å². The minimum absolute atomic E-state index is 0.248. The second-order valence-corrected chi connectivity index (χ2v) is 5.67. The Morgan fingerprint density at radius 1 is 0.800 bits per heavy atom. The molecule has 0 spiro atoms. The summed E-state index contributed by atoms with van der Waals surface area (Å²) in [6.45, 7) is 0.784. The van der Waals surface area contributed by atoms with E-state index < -0.39 is 6.09 Å². The molecule has 0 unspecified atom stereocenters. The molecule has 0 saturated heterocycles. The highest BCUT2D eigenvalue weighted by Gasteiger charge is 2.04. The third kappa shape index (κ3) is 4.68. The molecule has 25 heavy (non-hydrogen) atoms. The number of carbonyl (C=O) groups is 1. The van der Waals surface area contributed by atoms with Crippen molar-refractivity contribution in [2.24, 2.45) is 5.73 Å². The lowest BCUT2D eigenvalue weighted by Crippen LogP contribution is -2.13. The molecule has 0 aliphatic rings. The van der Waals surface area contributed by atoms with Gasteiger partial charge in [0.1, 0.15) is 6.61 Å². The normalized spacial score (nSPS) is 10.3. The van der Waals surface area contributed by atoms with Crippen LogP contribution in [0.1, 0.15) is 11.1 Å². The van der Waals surface area contributed by atoms with Crippen LogP contribution in [0.5, 0.6) is 0 Å². The topological polar surface area (TPSA) is 64.3 Å². The lowest BCUT2D eigenvalue weighted by atomic mass is 10.0. The molecular weight excluding hydrogens is 312 g/mol. The largest absolute Gasteiger partial charge is 0.444 e. The van der Waals surface area contributed by atoms with Crippen LogP contribution in [0.25, 0.3) is 11.1 Å². The number of nitrogens with two attached hydrogens (primary N) is 1. The number of amides is 1. The molecule has 4 heteroatoms. The van der Waals surface area contributed by atoms with Crippen molar-refractivity contribution in [1.82, 2.24) is 0 Å². The first kappa shape index (κ1) is 16.7. The number of hydrogen-bond acceptors (Lipinski definition) is 3. The summed E-state index contributed by atoms with van der Waals surface area (Å²) < 4.78 is 5.21. The van der Waals surface area contributed by atoms with Crippen LogP contribution in [0.3, 0.4) is 0 Å². The van der Waals surface area contributed by atoms with Crippen LogP contribution in [-0.2, 0) is 17.9 Å². The summed E-state index contributed by atoms with van der Waals surface area (Å²) in [7, 11) is 0. The Kier molecular flexibility index (Phi) is 5.44. The van der Waals surface area contributed by atoms with Crippen molar-refractivity contribution in [3.05, 3.63) is 90.0 Å². The van der Waals surface area contributed by atoms with E-state index in [0.29, 0.717) is 12.2 Å². The number of anilines is 1. The van der Waals surface area contributed by atoms with Crippen LogP contribution in [0.4, 0.5) is 10.5 Å². The summed E-state index contributed by atoms with van der Waals surface area (Å²) in [5, 5.41) is 2.73. The monoisotopic (exact) mass is 332 g/mol. The van der Waals surface area contributed by atoms with Crippen molar-refractivity contribution in [2.45, 2.75) is 13.2 Å². The molecule has 3 rings (SSSR count). The minimum atomic E-state index is -0.469. The van der Waals surface area contributed by atoms with Crippen LogP contribution in [0, 0.1) is 0 Å². The number of benzene rings is 3. The molecule has 4 nitrogen and oxygen atoms in total. The van der Waals surface area contributed by atoms with Gasteiger partial charge in [-0.15, -0.1) is 0 Å². The molecule has 0 aromatic heterocycles. The molecule has 3 aromatic carbocycles. The van der Waals surface area contributed by atoms with Gasteiger partial charge in [0.2, 0.25) is 0 Å². The van der Waals surface area contributed by atoms with Crippen molar-refractivity contribution in [1.29, 1.82) is 0 Å². The molecule has 0 radical (unpaired) electrons. The Hall–Kier alpha value is -3.11. The van der Waals surface area contributed by atoms with Gasteiger partial charge in [0, 0.05) is 12.2 Å². The van der Waals surface area contributed by atoms with E-state index in [4.69, 9.17) is 10.5 Å². The van der Waals surface area contributed by atoms with E-state index in [2.05, 4.69) is 5.32 Å². The van der Waals surface area contributed by atoms with E-state index in [1.165, 1.54) is 0 Å². The number of ether oxygens (including phenoxy) is 1. The van der Waals surface area contributed by atoms with Gasteiger partial charge in [-0.1, -0.05) is 66.7 Å². The number of rotatable bonds is 5. The maximum Gasteiger partial charge on any atom is 0.411 e. The van der Waals surface area contributed by atoms with E-state index >= 15 is 0 Å². The van der Waals surface area contributed by atoms with Crippen molar-refractivity contribution in [3.8, 4) is 11.1 Å². The molecule has 0 aliphatic carbocycles. The Morgan fingerprint density at radius 2 is 1.40 bits per heavy atom. The SMILES string of the molecule is NCc1ccc(-c2ccc(NC(=O)OCc3ccccc3)cc2)cc1. The van der Waals surface area contributed by atoms with E-state index in [1.807, 2.05) is 78.9 Å². The maximum absolute atomic E-state index is 11.9. The number of nitrogens with one attached hydrogen (secondary N) is 1. The third-order valence-corrected chi connectivity index (χ3v) is 3.87. The Morgan fingerprint density at radius 3 is 2.00 bits per heavy atom. The average molecular weight is 332 g/mol. The zero-order valence-electron chi connectivity index (χ0n) is 13.8. The van der Waals surface area contributed by atoms with Crippen LogP contribution in [0.2, 0.25) is 0 Å². The van der Waals surface area contributed by atoms with E-state index in [0.717, 1.165) is 22.3 Å². The van der Waals surface area contributed by atoms with Crippen molar-refractivity contribution in [2.75, 3.05) is 5.32 Å². The first-order valence-corrected chi connectivity index (χ1v) is 8.12. The van der Waals surface area contributed by atoms with Gasteiger partial charge in [0.15, 0.2) is 0 Å². The molecule has 0 heterocycles. The molecule has 3 aromatic rings. The third-order valence-electron chi connectivity index (χ3n) is 3.87. The minimum Gasteiger partial charge on any atom is -0.444 e. The lowest BCUT2D eigenvalue weighted by molar-refractivity contribution is 0.155. The van der Waals surface area contributed by atoms with Gasteiger partial charge < -0.3 is 10.5 Å². The van der Waals surface area contributed by atoms with E-state index in [-0.39, 0.29) is 6.61 Å². The van der Waals surface area contributed by atoms with Gasteiger partial charge in [-0.25, -0.2) is 4.79 Å². The maximum atomic E-state index is 11.9. The first-order valence-electron chi connectivity index (χ1n) is 8.12. The van der Waals surface area contributed by atoms with Crippen LogP contribution < -0.4 is 11.1 Å². The molecule has 0 aliphatic heterocycles. The summed E-state index contributed by atoms with van der Waals surface area (Å²) in [6, 6.07) is 25.3. The quantitative estimate of drug-likeness (QED) is 0.720. The highest BCUT2D eigenvalue weighted by Crippen LogP contribution is 2.22. The predicted octanol–water partition coefficient (Wildman–Crippen LogP) is 4.56. The summed E-state index contributed by atoms with van der Waals surface area (Å²) in [6.07, 6.45) is -0.469. The second kappa shape index (κ2) is 8.13. The highest BCUT2D eigenvalue weighted by molar-refractivity contribution is 5.85. The average Bonchev–Trinajstić information content (AvgIpc) is 2.68. The molecule has 0 atom stereocenters. The van der Waals surface area contributed by atoms with Crippen molar-refractivity contribution >= 4 is 11.8 Å². The van der Waals surface area contributed by atoms with Gasteiger partial charge >= 0.3 is 6.09 Å². The van der Waals surface area contributed by atoms with Gasteiger partial charge in [0.25, 0.3) is 0 Å². The fraction of sp³-hybridized carbons (Fsp3) is 0.0952. The van der Waals surface area contributed by atoms with Crippen molar-refractivity contribution in [3.63, 3.8) is 0 Å². The zero-order valence-corrected chi connectivity index (χ0v) is 13.8. The predicted molar refractivity (Wildman–Crippen MR) is 100 cm³/mol. The first-order chi connectivity index (χ1) is 12.2. The number of hydrogen-bond donors (Lipinski definition) is 2. The molecular formula is C21H20N2O2. The fourth-order valence-corrected chi connectivity index (χ4v) is 2.46. The highest BCUT2D eigenvalue weighted by atomic mass is 16.5. The van der Waals surface area contributed by atoms with Gasteiger partial charge in [0.05, 0.1) is 0 Å². The Bertz CT molecular complexity index is 813. The smallest absolute Gasteiger partial charge is 0.411 e. The fourth-order valence-electron chi connectivity index (χ4n) is 2.46. The Balaban J connectivity index is 1.57. The molecule has 0 fully saturated rings. The van der Waals surface area contributed by atoms with Gasteiger partial charge in [-0.3, -0.25) is 5.32 Å². The molecule has 0 bridgehead atoms. The lowest BCUT2D eigenvalue weighted by Gasteiger charge is -2.08. The van der Waals surface area contributed by atoms with Crippen LogP contribution >= 0.6 is 0 Å².